The Labute approximate surface area is 59.7 Å². The van der Waals surface area contributed by atoms with E-state index in [0.717, 1.165) is 5.92 Å². The molecule has 0 radical (unpaired) electrons. The Bertz CT molecular complexity index is 72.1. The van der Waals surface area contributed by atoms with Gasteiger partial charge in [0.1, 0.15) is 0 Å². The van der Waals surface area contributed by atoms with Crippen molar-refractivity contribution in [3.63, 3.8) is 0 Å². The summed E-state index contributed by atoms with van der Waals surface area (Å²) in [5.41, 5.74) is 0.681. The van der Waals surface area contributed by atoms with E-state index in [2.05, 4.69) is 20.8 Å². The molecule has 0 aromatic carbocycles. The highest BCUT2D eigenvalue weighted by Gasteiger charge is 2.34. The van der Waals surface area contributed by atoms with Gasteiger partial charge >= 0.3 is 0 Å². The van der Waals surface area contributed by atoms with E-state index in [1.165, 1.54) is 12.8 Å². The van der Waals surface area contributed by atoms with E-state index in [9.17, 15) is 0 Å². The van der Waals surface area contributed by atoms with Crippen molar-refractivity contribution in [2.75, 3.05) is 0 Å². The second kappa shape index (κ2) is 3.24. The molecule has 0 N–H and O–H groups in total. The van der Waals surface area contributed by atoms with Crippen LogP contribution in [0.2, 0.25) is 0 Å². The predicted octanol–water partition coefficient (Wildman–Crippen LogP) is 3.47. The van der Waals surface area contributed by atoms with E-state index < -0.39 is 0 Å². The zero-order chi connectivity index (χ0) is 7.49. The van der Waals surface area contributed by atoms with Gasteiger partial charge in [-0.05, 0) is 24.2 Å². The highest BCUT2D eigenvalue weighted by atomic mass is 14.4. The SMILES string of the molecule is CC.CC1CCC1(C)C. The molecule has 1 saturated carbocycles. The fourth-order valence-corrected chi connectivity index (χ4v) is 1.01. The van der Waals surface area contributed by atoms with Gasteiger partial charge in [0.2, 0.25) is 0 Å². The van der Waals surface area contributed by atoms with Gasteiger partial charge < -0.3 is 0 Å². The molecule has 0 nitrogen and oxygen atoms in total. The lowest BCUT2D eigenvalue weighted by molar-refractivity contribution is 0.0892. The number of hydrogen-bond acceptors (Lipinski definition) is 0. The largest absolute Gasteiger partial charge is 0.0683 e. The second-order valence-corrected chi connectivity index (χ2v) is 3.43. The first-order valence-electron chi connectivity index (χ1n) is 4.13. The quantitative estimate of drug-likeness (QED) is 0.468. The van der Waals surface area contributed by atoms with E-state index in [1.54, 1.807) is 0 Å². The molecule has 9 heavy (non-hydrogen) atoms. The van der Waals surface area contributed by atoms with Crippen LogP contribution in [0.3, 0.4) is 0 Å². The molecule has 0 saturated heterocycles. The van der Waals surface area contributed by atoms with Gasteiger partial charge in [-0.1, -0.05) is 34.6 Å². The lowest BCUT2D eigenvalue weighted by Gasteiger charge is -2.42. The molecule has 0 spiro atoms. The maximum absolute atomic E-state index is 2.35. The molecule has 1 aliphatic carbocycles. The topological polar surface area (TPSA) is 0 Å². The molecular weight excluding hydrogens is 108 g/mol. The minimum atomic E-state index is 0.681. The molecule has 1 rings (SSSR count). The van der Waals surface area contributed by atoms with E-state index >= 15 is 0 Å². The van der Waals surface area contributed by atoms with Gasteiger partial charge in [0.05, 0.1) is 0 Å². The smallest absolute Gasteiger partial charge is 0.0328 e. The average Bonchev–Trinajstić information content (AvgIpc) is 1.90. The third kappa shape index (κ3) is 2.00. The molecule has 0 heterocycles. The molecule has 0 aromatic heterocycles. The first kappa shape index (κ1) is 9.00. The van der Waals surface area contributed by atoms with Crippen LogP contribution in [0.15, 0.2) is 0 Å². The minimum Gasteiger partial charge on any atom is -0.0683 e. The van der Waals surface area contributed by atoms with Crippen molar-refractivity contribution < 1.29 is 0 Å². The van der Waals surface area contributed by atoms with Crippen molar-refractivity contribution in [2.24, 2.45) is 11.3 Å². The molecule has 0 aliphatic heterocycles. The van der Waals surface area contributed by atoms with Gasteiger partial charge in [-0.25, -0.2) is 0 Å². The van der Waals surface area contributed by atoms with Crippen molar-refractivity contribution >= 4 is 0 Å². The monoisotopic (exact) mass is 128 g/mol. The van der Waals surface area contributed by atoms with E-state index in [-0.39, 0.29) is 0 Å². The summed E-state index contributed by atoms with van der Waals surface area (Å²) in [6.07, 6.45) is 2.89. The fourth-order valence-electron chi connectivity index (χ4n) is 1.01. The molecule has 0 amide bonds. The van der Waals surface area contributed by atoms with Gasteiger partial charge in [0.25, 0.3) is 0 Å². The van der Waals surface area contributed by atoms with Crippen LogP contribution < -0.4 is 0 Å². The summed E-state index contributed by atoms with van der Waals surface area (Å²) in [5, 5.41) is 0. The molecule has 56 valence electrons. The summed E-state index contributed by atoms with van der Waals surface area (Å²) in [4.78, 5) is 0. The summed E-state index contributed by atoms with van der Waals surface area (Å²) < 4.78 is 0. The Morgan fingerprint density at radius 1 is 1.22 bits per heavy atom. The lowest BCUT2D eigenvalue weighted by atomic mass is 9.64. The molecule has 0 heteroatoms. The summed E-state index contributed by atoms with van der Waals surface area (Å²) in [7, 11) is 0. The minimum absolute atomic E-state index is 0.681. The summed E-state index contributed by atoms with van der Waals surface area (Å²) >= 11 is 0. The summed E-state index contributed by atoms with van der Waals surface area (Å²) in [6.45, 7) is 11.0. The Morgan fingerprint density at radius 3 is 1.56 bits per heavy atom. The maximum Gasteiger partial charge on any atom is -0.0328 e. The highest BCUT2D eigenvalue weighted by molar-refractivity contribution is 4.84. The standard InChI is InChI=1S/C7H14.C2H6/c1-6-4-5-7(6,2)3;1-2/h6H,4-5H2,1-3H3;1-2H3. The first-order valence-corrected chi connectivity index (χ1v) is 4.13. The van der Waals surface area contributed by atoms with Gasteiger partial charge in [0.15, 0.2) is 0 Å². The Balaban J connectivity index is 0.000000291. The molecule has 0 aromatic rings. The van der Waals surface area contributed by atoms with Crippen LogP contribution >= 0.6 is 0 Å². The third-order valence-electron chi connectivity index (χ3n) is 2.56. The third-order valence-corrected chi connectivity index (χ3v) is 2.56. The zero-order valence-corrected chi connectivity index (χ0v) is 7.49. The van der Waals surface area contributed by atoms with Crippen molar-refractivity contribution in [2.45, 2.75) is 47.5 Å². The van der Waals surface area contributed by atoms with Crippen LogP contribution in [0.4, 0.5) is 0 Å². The van der Waals surface area contributed by atoms with Crippen molar-refractivity contribution in [3.8, 4) is 0 Å². The number of hydrogen-bond donors (Lipinski definition) is 0. The Kier molecular flexibility index (Phi) is 3.24. The van der Waals surface area contributed by atoms with E-state index in [0.29, 0.717) is 5.41 Å². The van der Waals surface area contributed by atoms with Gasteiger partial charge in [-0.3, -0.25) is 0 Å². The van der Waals surface area contributed by atoms with Crippen LogP contribution in [0.25, 0.3) is 0 Å². The van der Waals surface area contributed by atoms with E-state index in [1.807, 2.05) is 13.8 Å². The lowest BCUT2D eigenvalue weighted by Crippen LogP contribution is -2.31. The maximum atomic E-state index is 2.35. The Hall–Kier alpha value is 0. The highest BCUT2D eigenvalue weighted by Crippen LogP contribution is 2.45. The van der Waals surface area contributed by atoms with Crippen LogP contribution in [-0.4, -0.2) is 0 Å². The molecule has 1 atom stereocenters. The van der Waals surface area contributed by atoms with Crippen LogP contribution in [-0.2, 0) is 0 Å². The molecule has 1 aliphatic rings. The molecular formula is C9H20. The molecule has 1 unspecified atom stereocenters. The normalized spacial score (nSPS) is 29.7. The summed E-state index contributed by atoms with van der Waals surface area (Å²) in [5.74, 6) is 0.979. The van der Waals surface area contributed by atoms with E-state index in [4.69, 9.17) is 0 Å². The van der Waals surface area contributed by atoms with Crippen molar-refractivity contribution in [3.05, 3.63) is 0 Å². The van der Waals surface area contributed by atoms with Gasteiger partial charge in [0, 0.05) is 0 Å². The van der Waals surface area contributed by atoms with Crippen LogP contribution in [0, 0.1) is 11.3 Å². The zero-order valence-electron chi connectivity index (χ0n) is 7.49. The van der Waals surface area contributed by atoms with Crippen molar-refractivity contribution in [1.29, 1.82) is 0 Å². The molecule has 0 bridgehead atoms. The van der Waals surface area contributed by atoms with Crippen molar-refractivity contribution in [1.82, 2.24) is 0 Å². The van der Waals surface area contributed by atoms with Gasteiger partial charge in [-0.2, -0.15) is 0 Å². The Morgan fingerprint density at radius 2 is 1.56 bits per heavy atom. The molecule has 1 fully saturated rings. The number of rotatable bonds is 0. The summed E-state index contributed by atoms with van der Waals surface area (Å²) in [6, 6.07) is 0. The van der Waals surface area contributed by atoms with Crippen LogP contribution in [0.5, 0.6) is 0 Å². The first-order chi connectivity index (χ1) is 4.13. The predicted molar refractivity (Wildman–Crippen MR) is 43.5 cm³/mol. The van der Waals surface area contributed by atoms with Gasteiger partial charge in [-0.15, -0.1) is 0 Å². The van der Waals surface area contributed by atoms with Crippen LogP contribution in [0.1, 0.15) is 47.5 Å². The second-order valence-electron chi connectivity index (χ2n) is 3.43. The average molecular weight is 128 g/mol. The fraction of sp³-hybridized carbons (Fsp3) is 1.00.